The Morgan fingerprint density at radius 1 is 1.04 bits per heavy atom. The summed E-state index contributed by atoms with van der Waals surface area (Å²) in [5, 5.41) is 0.709. The molecule has 28 heavy (non-hydrogen) atoms. The van der Waals surface area contributed by atoms with Crippen LogP contribution in [0.2, 0.25) is 5.02 Å². The summed E-state index contributed by atoms with van der Waals surface area (Å²) in [6.45, 7) is 0.856. The number of nitrogens with zero attached hydrogens (tertiary/aromatic N) is 2. The molecule has 1 aliphatic rings. The van der Waals surface area contributed by atoms with Gasteiger partial charge >= 0.3 is 0 Å². The Labute approximate surface area is 170 Å². The highest BCUT2D eigenvalue weighted by atomic mass is 35.5. The number of ether oxygens (including phenoxy) is 1. The Balaban J connectivity index is 1.77. The number of allylic oxidation sites excluding steroid dienone is 1. The van der Waals surface area contributed by atoms with Crippen LogP contribution in [-0.4, -0.2) is 24.4 Å². The molecule has 3 nitrogen and oxygen atoms in total. The first-order valence-electron chi connectivity index (χ1n) is 9.35. The third-order valence-corrected chi connectivity index (χ3v) is 5.17. The maximum absolute atomic E-state index is 6.44. The van der Waals surface area contributed by atoms with Crippen molar-refractivity contribution in [3.63, 3.8) is 0 Å². The quantitative estimate of drug-likeness (QED) is 0.543. The van der Waals surface area contributed by atoms with Gasteiger partial charge in [0.05, 0.1) is 12.8 Å². The molecule has 0 fully saturated rings. The van der Waals surface area contributed by atoms with Crippen LogP contribution in [0.4, 0.5) is 0 Å². The normalized spacial score (nSPS) is 15.4. The van der Waals surface area contributed by atoms with E-state index in [-0.39, 0.29) is 0 Å². The predicted molar refractivity (Wildman–Crippen MR) is 116 cm³/mol. The molecule has 0 saturated carbocycles. The molecule has 4 heteroatoms. The molecule has 0 amide bonds. The highest BCUT2D eigenvalue weighted by Crippen LogP contribution is 2.36. The third-order valence-electron chi connectivity index (χ3n) is 4.84. The van der Waals surface area contributed by atoms with Gasteiger partial charge in [0.1, 0.15) is 5.75 Å². The van der Waals surface area contributed by atoms with Gasteiger partial charge in [-0.1, -0.05) is 35.9 Å². The van der Waals surface area contributed by atoms with Crippen LogP contribution in [0.25, 0.3) is 17.2 Å². The summed E-state index contributed by atoms with van der Waals surface area (Å²) >= 11 is 6.44. The van der Waals surface area contributed by atoms with E-state index in [1.807, 2.05) is 42.6 Å². The molecule has 140 valence electrons. The van der Waals surface area contributed by atoms with Crippen molar-refractivity contribution < 1.29 is 4.74 Å². The molecule has 0 saturated heterocycles. The van der Waals surface area contributed by atoms with E-state index in [9.17, 15) is 0 Å². The van der Waals surface area contributed by atoms with Crippen molar-refractivity contribution >= 4 is 23.4 Å². The van der Waals surface area contributed by atoms with E-state index in [1.165, 1.54) is 5.57 Å². The van der Waals surface area contributed by atoms with Gasteiger partial charge in [-0.05, 0) is 60.4 Å². The topological polar surface area (TPSA) is 34.5 Å². The van der Waals surface area contributed by atoms with Gasteiger partial charge in [-0.25, -0.2) is 0 Å². The Bertz CT molecular complexity index is 1040. The molecule has 3 aromatic rings. The van der Waals surface area contributed by atoms with Gasteiger partial charge in [-0.15, -0.1) is 0 Å². The summed E-state index contributed by atoms with van der Waals surface area (Å²) in [7, 11) is 1.68. The average molecular weight is 389 g/mol. The van der Waals surface area contributed by atoms with E-state index in [1.54, 1.807) is 13.3 Å². The zero-order valence-corrected chi connectivity index (χ0v) is 16.5. The lowest BCUT2D eigenvalue weighted by atomic mass is 9.94. The van der Waals surface area contributed by atoms with Crippen LogP contribution in [-0.2, 0) is 0 Å². The summed E-state index contributed by atoms with van der Waals surface area (Å²) in [5.41, 5.74) is 6.38. The lowest BCUT2D eigenvalue weighted by Crippen LogP contribution is -2.11. The minimum absolute atomic E-state index is 0.709. The largest absolute Gasteiger partial charge is 0.496 e. The highest BCUT2D eigenvalue weighted by molar-refractivity contribution is 6.33. The van der Waals surface area contributed by atoms with Crippen LogP contribution >= 0.6 is 11.6 Å². The number of hydrogen-bond donors (Lipinski definition) is 0. The zero-order valence-electron chi connectivity index (χ0n) is 15.7. The second-order valence-electron chi connectivity index (χ2n) is 6.68. The van der Waals surface area contributed by atoms with Crippen molar-refractivity contribution in [1.29, 1.82) is 0 Å². The number of methoxy groups -OCH3 is 1. The van der Waals surface area contributed by atoms with E-state index >= 15 is 0 Å². The Kier molecular flexibility index (Phi) is 5.54. The van der Waals surface area contributed by atoms with Gasteiger partial charge in [-0.3, -0.25) is 9.98 Å². The first-order valence-corrected chi connectivity index (χ1v) is 9.73. The molecular weight excluding hydrogens is 368 g/mol. The third kappa shape index (κ3) is 3.85. The van der Waals surface area contributed by atoms with Crippen LogP contribution in [0, 0.1) is 0 Å². The molecule has 0 radical (unpaired) electrons. The van der Waals surface area contributed by atoms with Crippen molar-refractivity contribution in [3.8, 4) is 16.9 Å². The molecule has 0 N–H and O–H groups in total. The fourth-order valence-corrected chi connectivity index (χ4v) is 3.74. The van der Waals surface area contributed by atoms with Crippen LogP contribution in [0.15, 0.2) is 77.6 Å². The Morgan fingerprint density at radius 3 is 2.71 bits per heavy atom. The smallest absolute Gasteiger partial charge is 0.126 e. The first-order chi connectivity index (χ1) is 13.8. The molecule has 0 unspecified atom stereocenters. The Morgan fingerprint density at radius 2 is 1.93 bits per heavy atom. The average Bonchev–Trinajstić information content (AvgIpc) is 2.75. The van der Waals surface area contributed by atoms with Gasteiger partial charge in [-0.2, -0.15) is 0 Å². The molecule has 4 rings (SSSR count). The van der Waals surface area contributed by atoms with Gasteiger partial charge in [0.15, 0.2) is 0 Å². The van der Waals surface area contributed by atoms with E-state index in [4.69, 9.17) is 21.3 Å². The molecular formula is C24H21ClN2O. The molecule has 0 spiro atoms. The van der Waals surface area contributed by atoms with Gasteiger partial charge in [0.2, 0.25) is 0 Å². The monoisotopic (exact) mass is 388 g/mol. The SMILES string of the molecule is COc1ccc(/C=C2\CCCN=C2c2cccnc2)cc1-c1ccccc1Cl. The number of aromatic nitrogens is 1. The second kappa shape index (κ2) is 8.41. The molecule has 0 aliphatic carbocycles. The van der Waals surface area contributed by atoms with Crippen molar-refractivity contribution in [2.24, 2.45) is 4.99 Å². The summed E-state index contributed by atoms with van der Waals surface area (Å²) in [6.07, 6.45) is 7.94. The number of rotatable bonds is 4. The van der Waals surface area contributed by atoms with Crippen LogP contribution in [0.5, 0.6) is 5.75 Å². The number of benzene rings is 2. The molecule has 1 aromatic heterocycles. The summed E-state index contributed by atoms with van der Waals surface area (Å²) in [4.78, 5) is 9.02. The predicted octanol–water partition coefficient (Wildman–Crippen LogP) is 6.08. The minimum Gasteiger partial charge on any atom is -0.496 e. The second-order valence-corrected chi connectivity index (χ2v) is 7.09. The number of hydrogen-bond acceptors (Lipinski definition) is 3. The van der Waals surface area contributed by atoms with E-state index < -0.39 is 0 Å². The van der Waals surface area contributed by atoms with Crippen molar-refractivity contribution in [2.75, 3.05) is 13.7 Å². The molecule has 2 aromatic carbocycles. The summed E-state index contributed by atoms with van der Waals surface area (Å²) in [5.74, 6) is 0.806. The van der Waals surface area contributed by atoms with E-state index in [0.717, 1.165) is 53.1 Å². The lowest BCUT2D eigenvalue weighted by Gasteiger charge is -2.17. The van der Waals surface area contributed by atoms with E-state index in [2.05, 4.69) is 29.3 Å². The molecule has 1 aliphatic heterocycles. The van der Waals surface area contributed by atoms with Crippen molar-refractivity contribution in [3.05, 3.63) is 88.7 Å². The fraction of sp³-hybridized carbons (Fsp3) is 0.167. The highest BCUT2D eigenvalue weighted by Gasteiger charge is 2.15. The summed E-state index contributed by atoms with van der Waals surface area (Å²) < 4.78 is 5.58. The van der Waals surface area contributed by atoms with Crippen LogP contribution in [0.3, 0.4) is 0 Å². The van der Waals surface area contributed by atoms with Gasteiger partial charge in [0, 0.05) is 40.7 Å². The standard InChI is InChI=1S/C24H21ClN2O/c1-28-23-11-10-17(15-21(23)20-8-2-3-9-22(20)25)14-18-6-5-13-27-24(18)19-7-4-12-26-16-19/h2-4,7-12,14-16H,5-6,13H2,1H3/b18-14+. The van der Waals surface area contributed by atoms with Crippen LogP contribution < -0.4 is 4.74 Å². The van der Waals surface area contributed by atoms with Gasteiger partial charge < -0.3 is 4.74 Å². The molecule has 2 heterocycles. The van der Waals surface area contributed by atoms with E-state index in [0.29, 0.717) is 5.02 Å². The maximum Gasteiger partial charge on any atom is 0.126 e. The number of halogens is 1. The van der Waals surface area contributed by atoms with Crippen LogP contribution in [0.1, 0.15) is 24.0 Å². The molecule has 0 atom stereocenters. The first kappa shape index (κ1) is 18.5. The minimum atomic E-state index is 0.709. The fourth-order valence-electron chi connectivity index (χ4n) is 3.51. The van der Waals surface area contributed by atoms with Gasteiger partial charge in [0.25, 0.3) is 0 Å². The van der Waals surface area contributed by atoms with Crippen molar-refractivity contribution in [1.82, 2.24) is 4.98 Å². The molecule has 0 bridgehead atoms. The van der Waals surface area contributed by atoms with Crippen molar-refractivity contribution in [2.45, 2.75) is 12.8 Å². The number of aliphatic imine (C=N–C) groups is 1. The lowest BCUT2D eigenvalue weighted by molar-refractivity contribution is 0.416. The Hall–Kier alpha value is -2.91. The zero-order chi connectivity index (χ0) is 19.3. The maximum atomic E-state index is 6.44. The number of pyridine rings is 1. The summed E-state index contributed by atoms with van der Waals surface area (Å²) in [6, 6.07) is 18.0.